The summed E-state index contributed by atoms with van der Waals surface area (Å²) in [6.07, 6.45) is 4.68. The molecule has 0 aromatic heterocycles. The predicted molar refractivity (Wildman–Crippen MR) is 31.2 cm³/mol. The van der Waals surface area contributed by atoms with E-state index in [0.29, 0.717) is 6.61 Å². The zero-order valence-electron chi connectivity index (χ0n) is 5.32. The van der Waals surface area contributed by atoms with Crippen LogP contribution in [0.3, 0.4) is 0 Å². The summed E-state index contributed by atoms with van der Waals surface area (Å²) in [6.45, 7) is 2.53. The van der Waals surface area contributed by atoms with Crippen molar-refractivity contribution in [2.24, 2.45) is 0 Å². The molecule has 0 aliphatic heterocycles. The first-order valence-electron chi connectivity index (χ1n) is 3.02. The van der Waals surface area contributed by atoms with Crippen molar-refractivity contribution in [2.45, 2.75) is 32.6 Å². The van der Waals surface area contributed by atoms with E-state index in [4.69, 9.17) is 5.11 Å². The molecule has 0 rings (SSSR count). The molecule has 0 aliphatic rings. The van der Waals surface area contributed by atoms with E-state index in [2.05, 4.69) is 6.92 Å². The Kier molecular flexibility index (Phi) is 14.7. The van der Waals surface area contributed by atoms with E-state index in [1.165, 1.54) is 19.3 Å². The van der Waals surface area contributed by atoms with Crippen molar-refractivity contribution >= 4 is 0 Å². The molecule has 0 spiro atoms. The van der Waals surface area contributed by atoms with Gasteiger partial charge in [-0.25, -0.2) is 0 Å². The second-order valence-electron chi connectivity index (χ2n) is 1.78. The van der Waals surface area contributed by atoms with Gasteiger partial charge in [0.2, 0.25) is 0 Å². The Balaban J connectivity index is 0. The average Bonchev–Trinajstić information content (AvgIpc) is 1.69. The van der Waals surface area contributed by atoms with Gasteiger partial charge >= 0.3 is 0 Å². The topological polar surface area (TPSA) is 20.2 Å². The number of aliphatic hydroxyl groups excluding tert-OH is 1. The van der Waals surface area contributed by atoms with Crippen LogP contribution < -0.4 is 0 Å². The SMILES string of the molecule is CCCCCCO.[Co]. The summed E-state index contributed by atoms with van der Waals surface area (Å²) in [5.41, 5.74) is 0. The second-order valence-corrected chi connectivity index (χ2v) is 1.78. The minimum Gasteiger partial charge on any atom is -0.396 e. The van der Waals surface area contributed by atoms with Gasteiger partial charge in [0.05, 0.1) is 0 Å². The van der Waals surface area contributed by atoms with Gasteiger partial charge in [-0.05, 0) is 6.42 Å². The van der Waals surface area contributed by atoms with Crippen LogP contribution in [0.1, 0.15) is 32.6 Å². The average molecular weight is 161 g/mol. The van der Waals surface area contributed by atoms with Gasteiger partial charge in [-0.3, -0.25) is 0 Å². The quantitative estimate of drug-likeness (QED) is 0.620. The van der Waals surface area contributed by atoms with Crippen molar-refractivity contribution in [1.82, 2.24) is 0 Å². The fourth-order valence-electron chi connectivity index (χ4n) is 0.539. The van der Waals surface area contributed by atoms with Crippen LogP contribution in [-0.2, 0) is 16.8 Å². The van der Waals surface area contributed by atoms with Crippen LogP contribution in [0.5, 0.6) is 0 Å². The number of aliphatic hydroxyl groups is 1. The molecule has 1 N–H and O–H groups in total. The van der Waals surface area contributed by atoms with Gasteiger partial charge in [0, 0.05) is 23.4 Å². The third kappa shape index (κ3) is 9.69. The van der Waals surface area contributed by atoms with E-state index in [9.17, 15) is 0 Å². The van der Waals surface area contributed by atoms with Gasteiger partial charge in [0.25, 0.3) is 0 Å². The van der Waals surface area contributed by atoms with Crippen LogP contribution in [0.4, 0.5) is 0 Å². The molecular weight excluding hydrogens is 147 g/mol. The van der Waals surface area contributed by atoms with Crippen LogP contribution >= 0.6 is 0 Å². The van der Waals surface area contributed by atoms with Gasteiger partial charge in [-0.15, -0.1) is 0 Å². The van der Waals surface area contributed by atoms with Crippen LogP contribution in [0.25, 0.3) is 0 Å². The molecule has 2 heteroatoms. The zero-order chi connectivity index (χ0) is 5.54. The van der Waals surface area contributed by atoms with E-state index in [1.54, 1.807) is 0 Å². The Morgan fingerprint density at radius 2 is 1.75 bits per heavy atom. The number of unbranched alkanes of at least 4 members (excludes halogenated alkanes) is 3. The summed E-state index contributed by atoms with van der Waals surface area (Å²) in [7, 11) is 0. The fourth-order valence-corrected chi connectivity index (χ4v) is 0.539. The van der Waals surface area contributed by atoms with Crippen LogP contribution in [0.2, 0.25) is 0 Å². The van der Waals surface area contributed by atoms with Gasteiger partial charge in [0.1, 0.15) is 0 Å². The third-order valence-electron chi connectivity index (χ3n) is 1.01. The first kappa shape index (κ1) is 11.3. The molecule has 0 saturated carbocycles. The van der Waals surface area contributed by atoms with Crippen molar-refractivity contribution in [3.05, 3.63) is 0 Å². The molecule has 0 atom stereocenters. The van der Waals surface area contributed by atoms with Crippen LogP contribution in [0.15, 0.2) is 0 Å². The summed E-state index contributed by atoms with van der Waals surface area (Å²) in [5, 5.41) is 8.29. The van der Waals surface area contributed by atoms with E-state index in [1.807, 2.05) is 0 Å². The monoisotopic (exact) mass is 161 g/mol. The molecule has 53 valence electrons. The van der Waals surface area contributed by atoms with Gasteiger partial charge in [-0.2, -0.15) is 0 Å². The molecule has 0 fully saturated rings. The molecular formula is C6H14CoO. The van der Waals surface area contributed by atoms with Gasteiger partial charge in [0.15, 0.2) is 0 Å². The molecule has 1 radical (unpaired) electrons. The normalized spacial score (nSPS) is 8.25. The van der Waals surface area contributed by atoms with Crippen molar-refractivity contribution in [2.75, 3.05) is 6.61 Å². The van der Waals surface area contributed by atoms with Crippen LogP contribution in [0, 0.1) is 0 Å². The third-order valence-corrected chi connectivity index (χ3v) is 1.01. The van der Waals surface area contributed by atoms with E-state index in [-0.39, 0.29) is 16.8 Å². The first-order chi connectivity index (χ1) is 3.41. The van der Waals surface area contributed by atoms with Crippen molar-refractivity contribution in [3.63, 3.8) is 0 Å². The van der Waals surface area contributed by atoms with Crippen LogP contribution in [-0.4, -0.2) is 11.7 Å². The molecule has 0 unspecified atom stereocenters. The zero-order valence-corrected chi connectivity index (χ0v) is 6.36. The summed E-state index contributed by atoms with van der Waals surface area (Å²) < 4.78 is 0. The fraction of sp³-hybridized carbons (Fsp3) is 1.00. The van der Waals surface area contributed by atoms with Gasteiger partial charge in [-0.1, -0.05) is 26.2 Å². The van der Waals surface area contributed by atoms with E-state index in [0.717, 1.165) is 6.42 Å². The molecule has 0 aromatic carbocycles. The van der Waals surface area contributed by atoms with Gasteiger partial charge < -0.3 is 5.11 Å². The second kappa shape index (κ2) is 10.4. The predicted octanol–water partition coefficient (Wildman–Crippen LogP) is 1.56. The Bertz CT molecular complexity index is 27.7. The Labute approximate surface area is 61.7 Å². The first-order valence-corrected chi connectivity index (χ1v) is 3.02. The molecule has 0 amide bonds. The summed E-state index contributed by atoms with van der Waals surface area (Å²) in [5.74, 6) is 0. The maximum Gasteiger partial charge on any atom is 0.0431 e. The summed E-state index contributed by atoms with van der Waals surface area (Å²) in [6, 6.07) is 0. The largest absolute Gasteiger partial charge is 0.396 e. The van der Waals surface area contributed by atoms with Crippen molar-refractivity contribution in [1.29, 1.82) is 0 Å². The maximum absolute atomic E-state index is 8.29. The molecule has 0 heterocycles. The number of hydrogen-bond donors (Lipinski definition) is 1. The standard InChI is InChI=1S/C6H14O.Co/c1-2-3-4-5-6-7;/h7H,2-6H2,1H3;. The van der Waals surface area contributed by atoms with E-state index < -0.39 is 0 Å². The summed E-state index contributed by atoms with van der Waals surface area (Å²) >= 11 is 0. The number of rotatable bonds is 4. The minimum atomic E-state index is 0. The molecule has 1 nitrogen and oxygen atoms in total. The minimum absolute atomic E-state index is 0. The molecule has 0 bridgehead atoms. The van der Waals surface area contributed by atoms with Crippen molar-refractivity contribution in [3.8, 4) is 0 Å². The van der Waals surface area contributed by atoms with Crippen molar-refractivity contribution < 1.29 is 21.9 Å². The Morgan fingerprint density at radius 3 is 2.12 bits per heavy atom. The Hall–Kier alpha value is 0.466. The maximum atomic E-state index is 8.29. The summed E-state index contributed by atoms with van der Waals surface area (Å²) in [4.78, 5) is 0. The molecule has 0 saturated heterocycles. The molecule has 0 aliphatic carbocycles. The smallest absolute Gasteiger partial charge is 0.0431 e. The Morgan fingerprint density at radius 1 is 1.12 bits per heavy atom. The van der Waals surface area contributed by atoms with E-state index >= 15 is 0 Å². The molecule has 0 aromatic rings. The molecule has 8 heavy (non-hydrogen) atoms. The number of hydrogen-bond acceptors (Lipinski definition) is 1.